The highest BCUT2D eigenvalue weighted by Gasteiger charge is 2.24. The summed E-state index contributed by atoms with van der Waals surface area (Å²) < 4.78 is 0. The lowest BCUT2D eigenvalue weighted by atomic mass is 9.87. The van der Waals surface area contributed by atoms with Gasteiger partial charge >= 0.3 is 0 Å². The zero-order chi connectivity index (χ0) is 20.8. The summed E-state index contributed by atoms with van der Waals surface area (Å²) in [6, 6.07) is 8.89. The Morgan fingerprint density at radius 3 is 2.70 bits per heavy atom. The van der Waals surface area contributed by atoms with Crippen molar-refractivity contribution < 1.29 is 4.79 Å². The maximum absolute atomic E-state index is 11.7. The molecule has 6 heteroatoms. The highest BCUT2D eigenvalue weighted by Crippen LogP contribution is 2.39. The molecule has 4 heterocycles. The van der Waals surface area contributed by atoms with Crippen LogP contribution in [0.3, 0.4) is 0 Å². The van der Waals surface area contributed by atoms with E-state index in [4.69, 9.17) is 0 Å². The molecule has 0 aliphatic carbocycles. The van der Waals surface area contributed by atoms with Crippen LogP contribution in [0, 0.1) is 0 Å². The first kappa shape index (κ1) is 18.9. The Kier molecular flexibility index (Phi) is 4.57. The van der Waals surface area contributed by atoms with Gasteiger partial charge in [0, 0.05) is 48.1 Å². The van der Waals surface area contributed by atoms with Gasteiger partial charge in [-0.25, -0.2) is 4.98 Å². The summed E-state index contributed by atoms with van der Waals surface area (Å²) in [7, 11) is 0. The number of aromatic amines is 2. The van der Waals surface area contributed by atoms with Gasteiger partial charge in [0.25, 0.3) is 0 Å². The molecule has 3 aromatic heterocycles. The van der Waals surface area contributed by atoms with Crippen LogP contribution in [0.4, 0.5) is 0 Å². The molecule has 1 aliphatic rings. The lowest BCUT2D eigenvalue weighted by Crippen LogP contribution is -2.36. The van der Waals surface area contributed by atoms with Crippen LogP contribution in [0.2, 0.25) is 0 Å². The van der Waals surface area contributed by atoms with Gasteiger partial charge in [-0.3, -0.25) is 9.89 Å². The van der Waals surface area contributed by atoms with Gasteiger partial charge in [-0.15, -0.1) is 0 Å². The number of H-pyrrole nitrogens is 2. The fourth-order valence-electron chi connectivity index (χ4n) is 4.89. The van der Waals surface area contributed by atoms with Crippen LogP contribution in [0.1, 0.15) is 56.6 Å². The topological polar surface area (TPSA) is 77.7 Å². The van der Waals surface area contributed by atoms with Crippen molar-refractivity contribution >= 4 is 27.8 Å². The molecule has 6 nitrogen and oxygen atoms in total. The molecule has 0 spiro atoms. The Labute approximate surface area is 175 Å². The van der Waals surface area contributed by atoms with Crippen LogP contribution < -0.4 is 0 Å². The molecule has 5 rings (SSSR count). The zero-order valence-corrected chi connectivity index (χ0v) is 17.7. The molecule has 30 heavy (non-hydrogen) atoms. The van der Waals surface area contributed by atoms with E-state index in [2.05, 4.69) is 58.3 Å². The van der Waals surface area contributed by atoms with E-state index in [0.29, 0.717) is 11.8 Å². The first-order valence-electron chi connectivity index (χ1n) is 10.7. The highest BCUT2D eigenvalue weighted by molar-refractivity contribution is 5.98. The Morgan fingerprint density at radius 2 is 1.97 bits per heavy atom. The number of hydrogen-bond acceptors (Lipinski definition) is 3. The number of pyridine rings is 1. The number of aromatic nitrogens is 4. The van der Waals surface area contributed by atoms with Crippen LogP contribution in [-0.4, -0.2) is 44.1 Å². The summed E-state index contributed by atoms with van der Waals surface area (Å²) in [4.78, 5) is 21.7. The standard InChI is InChI=1S/C24H27N5O/c1-14(2)22-19-12-17(16-7-10-29(11-8-16)15(3)30)4-5-21(19)27-23(22)18-6-9-25-24-20(18)13-26-28-24/h4-6,9,12-14,16,27H,7-8,10-11H2,1-3H3,(H,25,26,28). The van der Waals surface area contributed by atoms with Crippen LogP contribution in [0.15, 0.2) is 36.7 Å². The third kappa shape index (κ3) is 3.07. The van der Waals surface area contributed by atoms with E-state index in [-0.39, 0.29) is 5.91 Å². The smallest absolute Gasteiger partial charge is 0.219 e. The van der Waals surface area contributed by atoms with Gasteiger partial charge in [0.15, 0.2) is 5.65 Å². The SMILES string of the molecule is CC(=O)N1CCC(c2ccc3[nH]c(-c4ccnc5[nH]ncc45)c(C(C)C)c3c2)CC1. The Bertz CT molecular complexity index is 1230. The molecule has 0 saturated carbocycles. The van der Waals surface area contributed by atoms with Crippen molar-refractivity contribution in [2.45, 2.75) is 45.4 Å². The summed E-state index contributed by atoms with van der Waals surface area (Å²) in [5, 5.41) is 9.48. The van der Waals surface area contributed by atoms with Crippen molar-refractivity contribution in [2.24, 2.45) is 0 Å². The summed E-state index contributed by atoms with van der Waals surface area (Å²) in [5.41, 5.74) is 6.95. The molecule has 4 aromatic rings. The number of nitrogens with one attached hydrogen (secondary N) is 2. The molecule has 2 N–H and O–H groups in total. The monoisotopic (exact) mass is 401 g/mol. The Balaban J connectivity index is 1.59. The zero-order valence-electron chi connectivity index (χ0n) is 17.7. The molecule has 0 radical (unpaired) electrons. The maximum atomic E-state index is 11.7. The van der Waals surface area contributed by atoms with E-state index < -0.39 is 0 Å². The third-order valence-electron chi connectivity index (χ3n) is 6.48. The molecule has 1 fully saturated rings. The molecule has 0 atom stereocenters. The van der Waals surface area contributed by atoms with Crippen LogP contribution in [0.5, 0.6) is 0 Å². The predicted molar refractivity (Wildman–Crippen MR) is 119 cm³/mol. The second-order valence-corrected chi connectivity index (χ2v) is 8.64. The number of amides is 1. The second-order valence-electron chi connectivity index (χ2n) is 8.64. The molecule has 0 bridgehead atoms. The van der Waals surface area contributed by atoms with Crippen molar-refractivity contribution in [2.75, 3.05) is 13.1 Å². The minimum Gasteiger partial charge on any atom is -0.354 e. The number of rotatable bonds is 3. The molecule has 0 unspecified atom stereocenters. The van der Waals surface area contributed by atoms with Crippen LogP contribution in [-0.2, 0) is 4.79 Å². The fraction of sp³-hybridized carbons (Fsp3) is 0.375. The predicted octanol–water partition coefficient (Wildman–Crippen LogP) is 4.96. The quantitative estimate of drug-likeness (QED) is 0.509. The molecule has 1 amide bonds. The largest absolute Gasteiger partial charge is 0.354 e. The van der Waals surface area contributed by atoms with Gasteiger partial charge in [-0.2, -0.15) is 5.10 Å². The van der Waals surface area contributed by atoms with Gasteiger partial charge in [0.05, 0.1) is 11.9 Å². The van der Waals surface area contributed by atoms with E-state index >= 15 is 0 Å². The van der Waals surface area contributed by atoms with Gasteiger partial charge in [0.2, 0.25) is 5.91 Å². The average Bonchev–Trinajstić information content (AvgIpc) is 3.37. The summed E-state index contributed by atoms with van der Waals surface area (Å²) in [5.74, 6) is 1.06. The number of likely N-dealkylation sites (tertiary alicyclic amines) is 1. The fourth-order valence-corrected chi connectivity index (χ4v) is 4.89. The number of fused-ring (bicyclic) bond motifs is 2. The number of nitrogens with zero attached hydrogens (tertiary/aromatic N) is 3. The second kappa shape index (κ2) is 7.27. The van der Waals surface area contributed by atoms with E-state index in [1.54, 1.807) is 6.92 Å². The first-order valence-corrected chi connectivity index (χ1v) is 10.7. The molecule has 1 aliphatic heterocycles. The number of carbonyl (C=O) groups excluding carboxylic acids is 1. The van der Waals surface area contributed by atoms with Gasteiger partial charge in [0.1, 0.15) is 0 Å². The van der Waals surface area contributed by atoms with Crippen molar-refractivity contribution in [3.8, 4) is 11.3 Å². The molecule has 1 saturated heterocycles. The van der Waals surface area contributed by atoms with Crippen LogP contribution >= 0.6 is 0 Å². The van der Waals surface area contributed by atoms with Crippen LogP contribution in [0.25, 0.3) is 33.2 Å². The number of hydrogen-bond donors (Lipinski definition) is 2. The number of piperidine rings is 1. The summed E-state index contributed by atoms with van der Waals surface area (Å²) >= 11 is 0. The number of benzene rings is 1. The van der Waals surface area contributed by atoms with Gasteiger partial charge in [-0.05, 0) is 54.0 Å². The summed E-state index contributed by atoms with van der Waals surface area (Å²) in [6.07, 6.45) is 5.74. The Hall–Kier alpha value is -3.15. The van der Waals surface area contributed by atoms with Crippen molar-refractivity contribution in [1.29, 1.82) is 0 Å². The first-order chi connectivity index (χ1) is 14.5. The van der Waals surface area contributed by atoms with E-state index in [1.165, 1.54) is 16.5 Å². The summed E-state index contributed by atoms with van der Waals surface area (Å²) in [6.45, 7) is 7.86. The van der Waals surface area contributed by atoms with E-state index in [9.17, 15) is 4.79 Å². The van der Waals surface area contributed by atoms with Crippen molar-refractivity contribution in [3.63, 3.8) is 0 Å². The normalized spacial score (nSPS) is 15.5. The molecule has 154 valence electrons. The lowest BCUT2D eigenvalue weighted by molar-refractivity contribution is -0.129. The maximum Gasteiger partial charge on any atom is 0.219 e. The van der Waals surface area contributed by atoms with Crippen molar-refractivity contribution in [1.82, 2.24) is 25.1 Å². The lowest BCUT2D eigenvalue weighted by Gasteiger charge is -2.31. The third-order valence-corrected chi connectivity index (χ3v) is 6.48. The molecule has 1 aromatic carbocycles. The van der Waals surface area contributed by atoms with Crippen molar-refractivity contribution in [3.05, 3.63) is 47.8 Å². The minimum atomic E-state index is 0.184. The number of carbonyl (C=O) groups is 1. The molecular weight excluding hydrogens is 374 g/mol. The van der Waals surface area contributed by atoms with Gasteiger partial charge in [-0.1, -0.05) is 19.9 Å². The van der Waals surface area contributed by atoms with E-state index in [0.717, 1.165) is 53.7 Å². The Morgan fingerprint density at radius 1 is 1.17 bits per heavy atom. The highest BCUT2D eigenvalue weighted by atomic mass is 16.2. The molecular formula is C24H27N5O. The average molecular weight is 402 g/mol. The minimum absolute atomic E-state index is 0.184. The van der Waals surface area contributed by atoms with Gasteiger partial charge < -0.3 is 9.88 Å². The van der Waals surface area contributed by atoms with E-state index in [1.807, 2.05) is 17.3 Å².